The monoisotopic (exact) mass is 358 g/mol. The molecule has 0 spiro atoms. The smallest absolute Gasteiger partial charge is 0.321 e. The highest BCUT2D eigenvalue weighted by atomic mass is 35.5. The minimum atomic E-state index is -0.367. The van der Waals surface area contributed by atoms with Crippen LogP contribution in [0.5, 0.6) is 0 Å². The second-order valence-corrected chi connectivity index (χ2v) is 5.25. The van der Waals surface area contributed by atoms with Gasteiger partial charge in [0.05, 0.1) is 32.8 Å². The number of halogens is 1. The number of carbonyl (C=O) groups is 2. The van der Waals surface area contributed by atoms with Gasteiger partial charge in [0.25, 0.3) is 0 Å². The van der Waals surface area contributed by atoms with E-state index in [1.807, 2.05) is 0 Å². The van der Waals surface area contributed by atoms with Gasteiger partial charge in [-0.2, -0.15) is 0 Å². The molecule has 134 valence electrons. The SMILES string of the molecule is CCOC(=O)CCN(CCOCCO)C(=O)Nc1cccc(Cl)c1. The van der Waals surface area contributed by atoms with Crippen molar-refractivity contribution < 1.29 is 24.2 Å². The molecule has 0 aliphatic carbocycles. The Morgan fingerprint density at radius 2 is 2.08 bits per heavy atom. The number of aliphatic hydroxyl groups is 1. The third-order valence-corrected chi connectivity index (χ3v) is 3.23. The summed E-state index contributed by atoms with van der Waals surface area (Å²) in [6, 6.07) is 6.42. The maximum Gasteiger partial charge on any atom is 0.321 e. The fourth-order valence-electron chi connectivity index (χ4n) is 1.88. The lowest BCUT2D eigenvalue weighted by Crippen LogP contribution is -2.39. The summed E-state index contributed by atoms with van der Waals surface area (Å²) in [4.78, 5) is 25.3. The van der Waals surface area contributed by atoms with Crippen LogP contribution in [0.1, 0.15) is 13.3 Å². The normalized spacial score (nSPS) is 10.3. The number of amides is 2. The molecule has 0 radical (unpaired) electrons. The van der Waals surface area contributed by atoms with Gasteiger partial charge in [-0.05, 0) is 25.1 Å². The Morgan fingerprint density at radius 3 is 2.75 bits per heavy atom. The van der Waals surface area contributed by atoms with E-state index in [4.69, 9.17) is 26.2 Å². The number of nitrogens with one attached hydrogen (secondary N) is 1. The maximum absolute atomic E-state index is 12.4. The Balaban J connectivity index is 2.60. The molecule has 0 saturated carbocycles. The van der Waals surface area contributed by atoms with Gasteiger partial charge in [-0.1, -0.05) is 17.7 Å². The average molecular weight is 359 g/mol. The van der Waals surface area contributed by atoms with E-state index in [1.165, 1.54) is 4.90 Å². The van der Waals surface area contributed by atoms with Gasteiger partial charge in [-0.15, -0.1) is 0 Å². The van der Waals surface area contributed by atoms with Crippen LogP contribution in [-0.2, 0) is 14.3 Å². The first-order valence-corrected chi connectivity index (χ1v) is 8.10. The molecule has 0 heterocycles. The van der Waals surface area contributed by atoms with E-state index < -0.39 is 0 Å². The zero-order chi connectivity index (χ0) is 17.8. The number of hydrogen-bond donors (Lipinski definition) is 2. The fourth-order valence-corrected chi connectivity index (χ4v) is 2.07. The highest BCUT2D eigenvalue weighted by molar-refractivity contribution is 6.30. The van der Waals surface area contributed by atoms with Crippen LogP contribution >= 0.6 is 11.6 Å². The molecular weight excluding hydrogens is 336 g/mol. The molecule has 8 heteroatoms. The van der Waals surface area contributed by atoms with Crippen molar-refractivity contribution in [1.82, 2.24) is 4.90 Å². The number of carbonyl (C=O) groups excluding carboxylic acids is 2. The number of rotatable bonds is 10. The van der Waals surface area contributed by atoms with Crippen molar-refractivity contribution in [1.29, 1.82) is 0 Å². The fraction of sp³-hybridized carbons (Fsp3) is 0.500. The Bertz CT molecular complexity index is 527. The third-order valence-electron chi connectivity index (χ3n) is 3.00. The van der Waals surface area contributed by atoms with Gasteiger partial charge >= 0.3 is 12.0 Å². The van der Waals surface area contributed by atoms with E-state index in [0.29, 0.717) is 17.3 Å². The second kappa shape index (κ2) is 11.7. The molecule has 2 amide bonds. The largest absolute Gasteiger partial charge is 0.466 e. The molecule has 0 unspecified atom stereocenters. The van der Waals surface area contributed by atoms with Gasteiger partial charge in [0.15, 0.2) is 0 Å². The van der Waals surface area contributed by atoms with Gasteiger partial charge < -0.3 is 24.8 Å². The van der Waals surface area contributed by atoms with Crippen LogP contribution in [0.15, 0.2) is 24.3 Å². The van der Waals surface area contributed by atoms with E-state index in [-0.39, 0.29) is 51.3 Å². The van der Waals surface area contributed by atoms with Crippen molar-refractivity contribution in [2.45, 2.75) is 13.3 Å². The summed E-state index contributed by atoms with van der Waals surface area (Å²) in [5, 5.41) is 11.9. The number of nitrogens with zero attached hydrogens (tertiary/aromatic N) is 1. The number of urea groups is 1. The minimum absolute atomic E-state index is 0.0858. The zero-order valence-corrected chi connectivity index (χ0v) is 14.4. The van der Waals surface area contributed by atoms with Crippen LogP contribution in [-0.4, -0.2) is 61.5 Å². The Labute approximate surface area is 146 Å². The number of hydrogen-bond acceptors (Lipinski definition) is 5. The van der Waals surface area contributed by atoms with Crippen molar-refractivity contribution in [3.8, 4) is 0 Å². The average Bonchev–Trinajstić information content (AvgIpc) is 2.54. The van der Waals surface area contributed by atoms with Gasteiger partial charge in [-0.25, -0.2) is 4.79 Å². The third kappa shape index (κ3) is 8.14. The molecule has 7 nitrogen and oxygen atoms in total. The van der Waals surface area contributed by atoms with Crippen LogP contribution < -0.4 is 5.32 Å². The van der Waals surface area contributed by atoms with Gasteiger partial charge in [0.2, 0.25) is 0 Å². The minimum Gasteiger partial charge on any atom is -0.466 e. The van der Waals surface area contributed by atoms with Crippen molar-refractivity contribution >= 4 is 29.3 Å². The summed E-state index contributed by atoms with van der Waals surface area (Å²) in [5.74, 6) is -0.366. The molecular formula is C16H23ClN2O5. The molecule has 0 aliphatic rings. The molecule has 2 N–H and O–H groups in total. The standard InChI is InChI=1S/C16H23ClN2O5/c1-2-24-15(21)6-7-19(8-10-23-11-9-20)16(22)18-14-5-3-4-13(17)12-14/h3-5,12,20H,2,6-11H2,1H3,(H,18,22). The van der Waals surface area contributed by atoms with Crippen LogP contribution in [0.3, 0.4) is 0 Å². The van der Waals surface area contributed by atoms with Crippen LogP contribution in [0.2, 0.25) is 5.02 Å². The number of aliphatic hydroxyl groups excluding tert-OH is 1. The van der Waals surface area contributed by atoms with Crippen LogP contribution in [0.4, 0.5) is 10.5 Å². The molecule has 1 rings (SSSR count). The van der Waals surface area contributed by atoms with Crippen molar-refractivity contribution in [3.63, 3.8) is 0 Å². The molecule has 1 aromatic carbocycles. The van der Waals surface area contributed by atoms with Gasteiger partial charge in [0.1, 0.15) is 0 Å². The molecule has 0 saturated heterocycles. The lowest BCUT2D eigenvalue weighted by Gasteiger charge is -2.22. The molecule has 0 aliphatic heterocycles. The van der Waals surface area contributed by atoms with E-state index in [9.17, 15) is 9.59 Å². The quantitative estimate of drug-likeness (QED) is 0.494. The highest BCUT2D eigenvalue weighted by Crippen LogP contribution is 2.15. The van der Waals surface area contributed by atoms with E-state index in [0.717, 1.165) is 0 Å². The summed E-state index contributed by atoms with van der Waals surface area (Å²) in [6.45, 7) is 2.88. The number of anilines is 1. The molecule has 1 aromatic rings. The molecule has 0 fully saturated rings. The maximum atomic E-state index is 12.4. The van der Waals surface area contributed by atoms with Crippen LogP contribution in [0.25, 0.3) is 0 Å². The first-order valence-electron chi connectivity index (χ1n) is 7.72. The summed E-state index contributed by atoms with van der Waals surface area (Å²) in [5.41, 5.74) is 0.560. The van der Waals surface area contributed by atoms with E-state index >= 15 is 0 Å². The summed E-state index contributed by atoms with van der Waals surface area (Å²) in [6.07, 6.45) is 0.0941. The zero-order valence-electron chi connectivity index (χ0n) is 13.7. The number of ether oxygens (including phenoxy) is 2. The summed E-state index contributed by atoms with van der Waals surface area (Å²) in [7, 11) is 0. The molecule has 0 atom stereocenters. The van der Waals surface area contributed by atoms with Crippen LogP contribution in [0, 0.1) is 0 Å². The predicted molar refractivity (Wildman–Crippen MR) is 91.2 cm³/mol. The van der Waals surface area contributed by atoms with Crippen molar-refractivity contribution in [2.75, 3.05) is 44.8 Å². The Hall–Kier alpha value is -1.83. The number of benzene rings is 1. The highest BCUT2D eigenvalue weighted by Gasteiger charge is 2.15. The molecule has 24 heavy (non-hydrogen) atoms. The van der Waals surface area contributed by atoms with Crippen molar-refractivity contribution in [3.05, 3.63) is 29.3 Å². The van der Waals surface area contributed by atoms with Gasteiger partial charge in [0, 0.05) is 23.8 Å². The first-order chi connectivity index (χ1) is 11.6. The van der Waals surface area contributed by atoms with E-state index in [1.54, 1.807) is 31.2 Å². The lowest BCUT2D eigenvalue weighted by molar-refractivity contribution is -0.143. The second-order valence-electron chi connectivity index (χ2n) is 4.82. The van der Waals surface area contributed by atoms with Crippen molar-refractivity contribution in [2.24, 2.45) is 0 Å². The summed E-state index contributed by atoms with van der Waals surface area (Å²) < 4.78 is 10.0. The molecule has 0 aromatic heterocycles. The van der Waals surface area contributed by atoms with E-state index in [2.05, 4.69) is 5.32 Å². The predicted octanol–water partition coefficient (Wildman–Crippen LogP) is 2.14. The lowest BCUT2D eigenvalue weighted by atomic mass is 10.3. The van der Waals surface area contributed by atoms with Gasteiger partial charge in [-0.3, -0.25) is 4.79 Å². The topological polar surface area (TPSA) is 88.1 Å². The molecule has 0 bridgehead atoms. The Morgan fingerprint density at radius 1 is 1.29 bits per heavy atom. The number of esters is 1. The first kappa shape index (κ1) is 20.2. The summed E-state index contributed by atoms with van der Waals surface area (Å²) >= 11 is 5.89. The Kier molecular flexibility index (Phi) is 9.83.